The van der Waals surface area contributed by atoms with Gasteiger partial charge in [0.25, 0.3) is 0 Å². The fraction of sp³-hybridized carbons (Fsp3) is 0.769. The summed E-state index contributed by atoms with van der Waals surface area (Å²) < 4.78 is 0. The molecule has 0 saturated carbocycles. The van der Waals surface area contributed by atoms with Gasteiger partial charge >= 0.3 is 0 Å². The van der Waals surface area contributed by atoms with Gasteiger partial charge in [0.2, 0.25) is 0 Å². The molecule has 0 atom stereocenters. The second-order valence-electron chi connectivity index (χ2n) is 4.38. The maximum Gasteiger partial charge on any atom is 0.103 e. The predicted molar refractivity (Wildman–Crippen MR) is 80.0 cm³/mol. The highest BCUT2D eigenvalue weighted by Gasteiger charge is 2.13. The van der Waals surface area contributed by atoms with Crippen molar-refractivity contribution in [3.05, 3.63) is 15.6 Å². The zero-order valence-electron chi connectivity index (χ0n) is 11.4. The monoisotopic (exact) mass is 272 g/mol. The van der Waals surface area contributed by atoms with Crippen LogP contribution < -0.4 is 5.32 Å². The van der Waals surface area contributed by atoms with Gasteiger partial charge in [-0.05, 0) is 24.6 Å². The van der Waals surface area contributed by atoms with Gasteiger partial charge in [0.05, 0.1) is 5.69 Å². The first-order valence-electron chi connectivity index (χ1n) is 6.45. The molecule has 0 bridgehead atoms. The van der Waals surface area contributed by atoms with Crippen molar-refractivity contribution in [2.75, 3.05) is 12.3 Å². The fourth-order valence-electron chi connectivity index (χ4n) is 1.62. The summed E-state index contributed by atoms with van der Waals surface area (Å²) in [7, 11) is 0. The van der Waals surface area contributed by atoms with Crippen LogP contribution in [0.15, 0.2) is 0 Å². The molecule has 4 heteroatoms. The highest BCUT2D eigenvalue weighted by Crippen LogP contribution is 2.27. The lowest BCUT2D eigenvalue weighted by Crippen LogP contribution is -2.14. The molecule has 0 saturated heterocycles. The maximum absolute atomic E-state index is 4.78. The standard InChI is InChI=1S/C13H24N2S2/c1-5-7-14-8-11-13(10(3)4)15-12(17-11)9-16-6-2/h10,14H,5-9H2,1-4H3. The van der Waals surface area contributed by atoms with E-state index in [1.54, 1.807) is 0 Å². The molecule has 0 radical (unpaired) electrons. The Kier molecular flexibility index (Phi) is 7.16. The van der Waals surface area contributed by atoms with E-state index in [1.807, 2.05) is 23.1 Å². The molecule has 0 fully saturated rings. The number of nitrogens with one attached hydrogen (secondary N) is 1. The first-order valence-corrected chi connectivity index (χ1v) is 8.43. The van der Waals surface area contributed by atoms with Crippen molar-refractivity contribution in [2.24, 2.45) is 0 Å². The molecule has 0 aliphatic carbocycles. The van der Waals surface area contributed by atoms with Crippen molar-refractivity contribution >= 4 is 23.1 Å². The molecule has 1 aromatic heterocycles. The van der Waals surface area contributed by atoms with Gasteiger partial charge in [-0.2, -0.15) is 11.8 Å². The fourth-order valence-corrected chi connectivity index (χ4v) is 3.54. The topological polar surface area (TPSA) is 24.9 Å². The third-order valence-electron chi connectivity index (χ3n) is 2.46. The van der Waals surface area contributed by atoms with Gasteiger partial charge in [-0.15, -0.1) is 11.3 Å². The molecular formula is C13H24N2S2. The van der Waals surface area contributed by atoms with Crippen LogP contribution >= 0.6 is 23.1 Å². The van der Waals surface area contributed by atoms with Crippen molar-refractivity contribution in [2.45, 2.75) is 52.3 Å². The molecule has 17 heavy (non-hydrogen) atoms. The Balaban J connectivity index is 2.67. The quantitative estimate of drug-likeness (QED) is 0.724. The van der Waals surface area contributed by atoms with Crippen LogP contribution in [-0.4, -0.2) is 17.3 Å². The van der Waals surface area contributed by atoms with E-state index in [1.165, 1.54) is 27.8 Å². The molecule has 0 aliphatic rings. The van der Waals surface area contributed by atoms with E-state index in [0.29, 0.717) is 5.92 Å². The average molecular weight is 272 g/mol. The van der Waals surface area contributed by atoms with Crippen LogP contribution in [0.1, 0.15) is 55.6 Å². The van der Waals surface area contributed by atoms with Crippen LogP contribution in [0, 0.1) is 0 Å². The molecule has 1 aromatic rings. The Labute approximate surface area is 114 Å². The predicted octanol–water partition coefficient (Wildman–Crippen LogP) is 4.02. The molecule has 1 heterocycles. The van der Waals surface area contributed by atoms with Gasteiger partial charge in [-0.25, -0.2) is 4.98 Å². The van der Waals surface area contributed by atoms with Crippen LogP contribution in [-0.2, 0) is 12.3 Å². The number of hydrogen-bond acceptors (Lipinski definition) is 4. The molecular weight excluding hydrogens is 248 g/mol. The molecule has 1 N–H and O–H groups in total. The largest absolute Gasteiger partial charge is 0.312 e. The Morgan fingerprint density at radius 2 is 2.12 bits per heavy atom. The molecule has 0 aromatic carbocycles. The smallest absolute Gasteiger partial charge is 0.103 e. The summed E-state index contributed by atoms with van der Waals surface area (Å²) in [6, 6.07) is 0. The van der Waals surface area contributed by atoms with Crippen LogP contribution in [0.3, 0.4) is 0 Å². The highest BCUT2D eigenvalue weighted by atomic mass is 32.2. The molecule has 1 rings (SSSR count). The van der Waals surface area contributed by atoms with E-state index >= 15 is 0 Å². The number of thioether (sulfide) groups is 1. The lowest BCUT2D eigenvalue weighted by atomic mass is 10.1. The van der Waals surface area contributed by atoms with Crippen molar-refractivity contribution < 1.29 is 0 Å². The van der Waals surface area contributed by atoms with Gasteiger partial charge in [0, 0.05) is 17.2 Å². The number of rotatable bonds is 8. The van der Waals surface area contributed by atoms with Crippen LogP contribution in [0.5, 0.6) is 0 Å². The Hall–Kier alpha value is -0.0600. The van der Waals surface area contributed by atoms with Crippen LogP contribution in [0.25, 0.3) is 0 Å². The van der Waals surface area contributed by atoms with E-state index in [2.05, 4.69) is 33.0 Å². The van der Waals surface area contributed by atoms with E-state index in [-0.39, 0.29) is 0 Å². The third kappa shape index (κ3) is 4.98. The Morgan fingerprint density at radius 1 is 1.35 bits per heavy atom. The second kappa shape index (κ2) is 8.11. The van der Waals surface area contributed by atoms with E-state index in [4.69, 9.17) is 4.98 Å². The minimum Gasteiger partial charge on any atom is -0.312 e. The second-order valence-corrected chi connectivity index (χ2v) is 6.83. The lowest BCUT2D eigenvalue weighted by Gasteiger charge is -2.05. The SMILES string of the molecule is CCCNCc1sc(CSCC)nc1C(C)C. The first-order chi connectivity index (χ1) is 8.19. The molecule has 0 unspecified atom stereocenters. The van der Waals surface area contributed by atoms with Gasteiger partial charge in [-0.1, -0.05) is 27.7 Å². The van der Waals surface area contributed by atoms with E-state index in [9.17, 15) is 0 Å². The minimum absolute atomic E-state index is 0.532. The summed E-state index contributed by atoms with van der Waals surface area (Å²) in [5.74, 6) is 2.76. The molecule has 2 nitrogen and oxygen atoms in total. The number of hydrogen-bond donors (Lipinski definition) is 1. The normalized spacial score (nSPS) is 11.4. The van der Waals surface area contributed by atoms with Crippen LogP contribution in [0.2, 0.25) is 0 Å². The van der Waals surface area contributed by atoms with E-state index in [0.717, 1.165) is 18.8 Å². The summed E-state index contributed by atoms with van der Waals surface area (Å²) >= 11 is 3.83. The van der Waals surface area contributed by atoms with Crippen molar-refractivity contribution in [1.29, 1.82) is 0 Å². The van der Waals surface area contributed by atoms with Gasteiger partial charge < -0.3 is 5.32 Å². The van der Waals surface area contributed by atoms with Crippen molar-refractivity contribution in [3.8, 4) is 0 Å². The van der Waals surface area contributed by atoms with Crippen molar-refractivity contribution in [3.63, 3.8) is 0 Å². The Bertz CT molecular complexity index is 321. The van der Waals surface area contributed by atoms with Gasteiger partial charge in [-0.3, -0.25) is 0 Å². The van der Waals surface area contributed by atoms with E-state index < -0.39 is 0 Å². The van der Waals surface area contributed by atoms with Gasteiger partial charge in [0.15, 0.2) is 0 Å². The average Bonchev–Trinajstić information content (AvgIpc) is 2.70. The summed E-state index contributed by atoms with van der Waals surface area (Å²) in [5, 5.41) is 4.77. The summed E-state index contributed by atoms with van der Waals surface area (Å²) in [6.45, 7) is 10.9. The molecule has 0 aliphatic heterocycles. The molecule has 98 valence electrons. The number of aromatic nitrogens is 1. The van der Waals surface area contributed by atoms with Crippen molar-refractivity contribution in [1.82, 2.24) is 10.3 Å². The first kappa shape index (κ1) is 15.0. The summed E-state index contributed by atoms with van der Waals surface area (Å²) in [5.41, 5.74) is 1.30. The molecule has 0 spiro atoms. The summed E-state index contributed by atoms with van der Waals surface area (Å²) in [4.78, 5) is 6.21. The minimum atomic E-state index is 0.532. The number of nitrogens with zero attached hydrogens (tertiary/aromatic N) is 1. The number of thiazole rings is 1. The molecule has 0 amide bonds. The summed E-state index contributed by atoms with van der Waals surface area (Å²) in [6.07, 6.45) is 1.19. The zero-order chi connectivity index (χ0) is 12.7. The third-order valence-corrected chi connectivity index (χ3v) is 4.60. The van der Waals surface area contributed by atoms with Gasteiger partial charge in [0.1, 0.15) is 5.01 Å². The zero-order valence-corrected chi connectivity index (χ0v) is 13.0. The van der Waals surface area contributed by atoms with Crippen LogP contribution in [0.4, 0.5) is 0 Å². The maximum atomic E-state index is 4.78. The highest BCUT2D eigenvalue weighted by molar-refractivity contribution is 7.98. The lowest BCUT2D eigenvalue weighted by molar-refractivity contribution is 0.670. The Morgan fingerprint density at radius 3 is 2.71 bits per heavy atom.